The summed E-state index contributed by atoms with van der Waals surface area (Å²) in [6.07, 6.45) is 3.64. The molecule has 1 aromatic rings. The number of likely N-dealkylation sites (tertiary alicyclic amines) is 1. The number of nitrogens with zero attached hydrogens (tertiary/aromatic N) is 1. The van der Waals surface area contributed by atoms with Crippen LogP contribution in [0.25, 0.3) is 0 Å². The van der Waals surface area contributed by atoms with Gasteiger partial charge in [0.2, 0.25) is 5.75 Å². The predicted octanol–water partition coefficient (Wildman–Crippen LogP) is 2.27. The van der Waals surface area contributed by atoms with Crippen LogP contribution in [0.5, 0.6) is 17.2 Å². The van der Waals surface area contributed by atoms with Gasteiger partial charge >= 0.3 is 0 Å². The minimum absolute atomic E-state index is 0.665. The number of rotatable bonds is 7. The molecule has 0 bridgehead atoms. The minimum Gasteiger partial charge on any atom is -0.493 e. The van der Waals surface area contributed by atoms with Gasteiger partial charge in [-0.3, -0.25) is 4.90 Å². The average Bonchev–Trinajstić information content (AvgIpc) is 2.55. The minimum atomic E-state index is 0.665. The summed E-state index contributed by atoms with van der Waals surface area (Å²) in [5, 5.41) is 0. The Balaban J connectivity index is 2.15. The number of hydrogen-bond donors (Lipinski definition) is 1. The standard InChI is InChI=1S/C17H28N2O3/c1-20-15-7-6-14(16(21-2)17(15)22-3)12-19-10-4-5-13(11-19)8-9-18/h6-7,13H,4-5,8-12,18H2,1-3H3. The van der Waals surface area contributed by atoms with E-state index in [2.05, 4.69) is 11.0 Å². The molecule has 1 aliphatic heterocycles. The van der Waals surface area contributed by atoms with Crippen LogP contribution in [-0.2, 0) is 6.54 Å². The Morgan fingerprint density at radius 2 is 1.91 bits per heavy atom. The molecule has 0 saturated carbocycles. The highest BCUT2D eigenvalue weighted by Crippen LogP contribution is 2.40. The Hall–Kier alpha value is -1.46. The normalized spacial score (nSPS) is 19.0. The molecule has 0 spiro atoms. The highest BCUT2D eigenvalue weighted by Gasteiger charge is 2.22. The summed E-state index contributed by atoms with van der Waals surface area (Å²) in [4.78, 5) is 2.48. The van der Waals surface area contributed by atoms with Gasteiger partial charge in [0.1, 0.15) is 0 Å². The molecular weight excluding hydrogens is 280 g/mol. The summed E-state index contributed by atoms with van der Waals surface area (Å²) >= 11 is 0. The van der Waals surface area contributed by atoms with E-state index in [0.717, 1.165) is 43.9 Å². The average molecular weight is 308 g/mol. The van der Waals surface area contributed by atoms with E-state index in [-0.39, 0.29) is 0 Å². The molecule has 0 aromatic heterocycles. The van der Waals surface area contributed by atoms with Crippen molar-refractivity contribution in [2.45, 2.75) is 25.8 Å². The van der Waals surface area contributed by atoms with Gasteiger partial charge in [-0.15, -0.1) is 0 Å². The van der Waals surface area contributed by atoms with Crippen LogP contribution in [0, 0.1) is 5.92 Å². The largest absolute Gasteiger partial charge is 0.493 e. The predicted molar refractivity (Wildman–Crippen MR) is 87.8 cm³/mol. The first kappa shape index (κ1) is 16.9. The van der Waals surface area contributed by atoms with Gasteiger partial charge in [-0.25, -0.2) is 0 Å². The molecule has 2 N–H and O–H groups in total. The summed E-state index contributed by atoms with van der Waals surface area (Å²) < 4.78 is 16.4. The maximum Gasteiger partial charge on any atom is 0.203 e. The molecule has 1 saturated heterocycles. The first-order valence-electron chi connectivity index (χ1n) is 7.93. The summed E-state index contributed by atoms with van der Waals surface area (Å²) in [5.74, 6) is 2.84. The lowest BCUT2D eigenvalue weighted by atomic mass is 9.94. The van der Waals surface area contributed by atoms with Crippen LogP contribution >= 0.6 is 0 Å². The lowest BCUT2D eigenvalue weighted by Crippen LogP contribution is -2.35. The summed E-state index contributed by atoms with van der Waals surface area (Å²) in [6.45, 7) is 3.87. The summed E-state index contributed by atoms with van der Waals surface area (Å²) in [5.41, 5.74) is 6.84. The molecule has 22 heavy (non-hydrogen) atoms. The van der Waals surface area contributed by atoms with Crippen LogP contribution in [-0.4, -0.2) is 45.9 Å². The molecule has 0 aliphatic carbocycles. The molecule has 5 heteroatoms. The third-order valence-corrected chi connectivity index (χ3v) is 4.36. The molecule has 1 unspecified atom stereocenters. The van der Waals surface area contributed by atoms with Crippen LogP contribution in [0.1, 0.15) is 24.8 Å². The maximum absolute atomic E-state index is 5.70. The van der Waals surface area contributed by atoms with Gasteiger partial charge in [0.15, 0.2) is 11.5 Å². The van der Waals surface area contributed by atoms with E-state index in [1.54, 1.807) is 21.3 Å². The molecule has 124 valence electrons. The van der Waals surface area contributed by atoms with E-state index >= 15 is 0 Å². The molecule has 0 radical (unpaired) electrons. The zero-order valence-electron chi connectivity index (χ0n) is 13.9. The van der Waals surface area contributed by atoms with E-state index in [1.165, 1.54) is 12.8 Å². The first-order valence-corrected chi connectivity index (χ1v) is 7.93. The molecule has 1 aliphatic rings. The molecule has 1 heterocycles. The Morgan fingerprint density at radius 1 is 1.14 bits per heavy atom. The Kier molecular flexibility index (Phi) is 6.34. The zero-order valence-corrected chi connectivity index (χ0v) is 13.9. The second-order valence-corrected chi connectivity index (χ2v) is 5.81. The Labute approximate surface area is 133 Å². The van der Waals surface area contributed by atoms with Gasteiger partial charge in [-0.05, 0) is 44.3 Å². The second kappa shape index (κ2) is 8.25. The van der Waals surface area contributed by atoms with Crippen LogP contribution < -0.4 is 19.9 Å². The van der Waals surface area contributed by atoms with E-state index < -0.39 is 0 Å². The second-order valence-electron chi connectivity index (χ2n) is 5.81. The SMILES string of the molecule is COc1ccc(CN2CCCC(CCN)C2)c(OC)c1OC. The van der Waals surface area contributed by atoms with Crippen molar-refractivity contribution in [3.05, 3.63) is 17.7 Å². The fourth-order valence-corrected chi connectivity index (χ4v) is 3.29. The third-order valence-electron chi connectivity index (χ3n) is 4.36. The number of methoxy groups -OCH3 is 3. The fraction of sp³-hybridized carbons (Fsp3) is 0.647. The van der Waals surface area contributed by atoms with Crippen molar-refractivity contribution in [3.63, 3.8) is 0 Å². The summed E-state index contributed by atoms with van der Waals surface area (Å²) in [7, 11) is 4.95. The van der Waals surface area contributed by atoms with Gasteiger partial charge in [0.05, 0.1) is 21.3 Å². The van der Waals surface area contributed by atoms with Crippen molar-refractivity contribution in [1.82, 2.24) is 4.90 Å². The Morgan fingerprint density at radius 3 is 2.55 bits per heavy atom. The van der Waals surface area contributed by atoms with Gasteiger partial charge in [0.25, 0.3) is 0 Å². The number of piperidine rings is 1. The molecule has 5 nitrogen and oxygen atoms in total. The van der Waals surface area contributed by atoms with Crippen LogP contribution in [0.4, 0.5) is 0 Å². The van der Waals surface area contributed by atoms with Crippen LogP contribution in [0.2, 0.25) is 0 Å². The quantitative estimate of drug-likeness (QED) is 0.837. The molecule has 0 amide bonds. The lowest BCUT2D eigenvalue weighted by Gasteiger charge is -2.33. The van der Waals surface area contributed by atoms with Crippen molar-refractivity contribution >= 4 is 0 Å². The van der Waals surface area contributed by atoms with Crippen molar-refractivity contribution < 1.29 is 14.2 Å². The topological polar surface area (TPSA) is 57.0 Å². The summed E-state index contributed by atoms with van der Waals surface area (Å²) in [6, 6.07) is 4.00. The maximum atomic E-state index is 5.70. The molecule has 1 fully saturated rings. The van der Waals surface area contributed by atoms with Crippen molar-refractivity contribution in [3.8, 4) is 17.2 Å². The van der Waals surface area contributed by atoms with E-state index in [0.29, 0.717) is 17.4 Å². The van der Waals surface area contributed by atoms with Crippen LogP contribution in [0.3, 0.4) is 0 Å². The van der Waals surface area contributed by atoms with Gasteiger partial charge < -0.3 is 19.9 Å². The van der Waals surface area contributed by atoms with Gasteiger partial charge in [-0.2, -0.15) is 0 Å². The lowest BCUT2D eigenvalue weighted by molar-refractivity contribution is 0.161. The molecule has 1 atom stereocenters. The molecular formula is C17H28N2O3. The fourth-order valence-electron chi connectivity index (χ4n) is 3.29. The van der Waals surface area contributed by atoms with Gasteiger partial charge in [0, 0.05) is 18.7 Å². The van der Waals surface area contributed by atoms with Crippen molar-refractivity contribution in [2.24, 2.45) is 11.7 Å². The molecule has 2 rings (SSSR count). The number of nitrogens with two attached hydrogens (primary N) is 1. The highest BCUT2D eigenvalue weighted by molar-refractivity contribution is 5.55. The van der Waals surface area contributed by atoms with E-state index in [4.69, 9.17) is 19.9 Å². The zero-order chi connectivity index (χ0) is 15.9. The monoisotopic (exact) mass is 308 g/mol. The number of ether oxygens (including phenoxy) is 3. The molecule has 1 aromatic carbocycles. The van der Waals surface area contributed by atoms with Crippen molar-refractivity contribution in [2.75, 3.05) is 41.0 Å². The Bertz CT molecular complexity index is 477. The number of hydrogen-bond acceptors (Lipinski definition) is 5. The van der Waals surface area contributed by atoms with E-state index in [1.807, 2.05) is 6.07 Å². The number of benzene rings is 1. The first-order chi connectivity index (χ1) is 10.7. The smallest absolute Gasteiger partial charge is 0.203 e. The van der Waals surface area contributed by atoms with Gasteiger partial charge in [-0.1, -0.05) is 6.07 Å². The van der Waals surface area contributed by atoms with Crippen molar-refractivity contribution in [1.29, 1.82) is 0 Å². The third kappa shape index (κ3) is 3.84. The van der Waals surface area contributed by atoms with Crippen LogP contribution in [0.15, 0.2) is 12.1 Å². The highest BCUT2D eigenvalue weighted by atomic mass is 16.5. The van der Waals surface area contributed by atoms with E-state index in [9.17, 15) is 0 Å².